The number of rotatable bonds is 3. The highest BCUT2D eigenvalue weighted by Gasteiger charge is 2.43. The molecule has 0 radical (unpaired) electrons. The minimum atomic E-state index is -1.13. The van der Waals surface area contributed by atoms with E-state index in [0.29, 0.717) is 19.4 Å². The molecule has 0 saturated carbocycles. The van der Waals surface area contributed by atoms with E-state index < -0.39 is 11.5 Å². The number of carbonyl (C=O) groups is 2. The number of carboxylic acid groups (broad SMARTS) is 1. The summed E-state index contributed by atoms with van der Waals surface area (Å²) in [5, 5.41) is 11.7. The third kappa shape index (κ3) is 2.68. The van der Waals surface area contributed by atoms with Gasteiger partial charge in [-0.2, -0.15) is 0 Å². The van der Waals surface area contributed by atoms with E-state index in [0.717, 1.165) is 6.42 Å². The van der Waals surface area contributed by atoms with Crippen LogP contribution in [0.15, 0.2) is 0 Å². The quantitative estimate of drug-likeness (QED) is 0.720. The maximum absolute atomic E-state index is 11.2. The van der Waals surface area contributed by atoms with E-state index >= 15 is 0 Å². The topological polar surface area (TPSA) is 75.6 Å². The van der Waals surface area contributed by atoms with Crippen LogP contribution in [0.2, 0.25) is 0 Å². The van der Waals surface area contributed by atoms with E-state index in [4.69, 9.17) is 4.74 Å². The standard InChI is InChI=1S/C10H17NO4/c1-3-8-6-10(9(13)14,4-5-15-8)11-7(2)12/h8H,3-6H2,1-2H3,(H,11,12)(H,13,14). The van der Waals surface area contributed by atoms with Crippen LogP contribution in [0.3, 0.4) is 0 Å². The minimum absolute atomic E-state index is 0.0818. The monoisotopic (exact) mass is 215 g/mol. The molecule has 2 N–H and O–H groups in total. The van der Waals surface area contributed by atoms with Crippen LogP contribution < -0.4 is 5.32 Å². The molecule has 5 nitrogen and oxygen atoms in total. The summed E-state index contributed by atoms with van der Waals surface area (Å²) in [4.78, 5) is 22.2. The maximum Gasteiger partial charge on any atom is 0.329 e. The second kappa shape index (κ2) is 4.61. The van der Waals surface area contributed by atoms with Crippen molar-refractivity contribution in [2.45, 2.75) is 44.8 Å². The summed E-state index contributed by atoms with van der Waals surface area (Å²) in [6.45, 7) is 3.66. The molecule has 1 aliphatic rings. The van der Waals surface area contributed by atoms with Crippen LogP contribution in [-0.4, -0.2) is 35.2 Å². The van der Waals surface area contributed by atoms with Crippen molar-refractivity contribution in [3.05, 3.63) is 0 Å². The molecule has 0 aliphatic carbocycles. The molecule has 0 spiro atoms. The zero-order valence-corrected chi connectivity index (χ0v) is 9.08. The third-order valence-corrected chi connectivity index (χ3v) is 2.74. The summed E-state index contributed by atoms with van der Waals surface area (Å²) in [6, 6.07) is 0. The van der Waals surface area contributed by atoms with Gasteiger partial charge in [0.1, 0.15) is 5.54 Å². The summed E-state index contributed by atoms with van der Waals surface area (Å²) in [6.07, 6.45) is 1.35. The number of amides is 1. The zero-order chi connectivity index (χ0) is 11.5. The molecule has 0 aromatic carbocycles. The van der Waals surface area contributed by atoms with Gasteiger partial charge in [0, 0.05) is 26.4 Å². The summed E-state index contributed by atoms with van der Waals surface area (Å²) < 4.78 is 5.40. The highest BCUT2D eigenvalue weighted by atomic mass is 16.5. The van der Waals surface area contributed by atoms with Gasteiger partial charge in [-0.05, 0) is 6.42 Å². The van der Waals surface area contributed by atoms with Crippen LogP contribution in [0.25, 0.3) is 0 Å². The molecule has 1 saturated heterocycles. The normalized spacial score (nSPS) is 30.9. The minimum Gasteiger partial charge on any atom is -0.480 e. The van der Waals surface area contributed by atoms with Crippen molar-refractivity contribution in [2.24, 2.45) is 0 Å². The molecule has 1 aliphatic heterocycles. The number of hydrogen-bond acceptors (Lipinski definition) is 3. The molecule has 1 amide bonds. The number of carboxylic acids is 1. The molecule has 0 bridgehead atoms. The van der Waals surface area contributed by atoms with Crippen LogP contribution >= 0.6 is 0 Å². The predicted molar refractivity (Wildman–Crippen MR) is 53.4 cm³/mol. The van der Waals surface area contributed by atoms with Crippen molar-refractivity contribution in [1.82, 2.24) is 5.32 Å². The van der Waals surface area contributed by atoms with Crippen molar-refractivity contribution in [3.63, 3.8) is 0 Å². The molecule has 0 aromatic heterocycles. The van der Waals surface area contributed by atoms with Gasteiger partial charge < -0.3 is 15.2 Å². The van der Waals surface area contributed by atoms with Crippen LogP contribution in [0.4, 0.5) is 0 Å². The van der Waals surface area contributed by atoms with Gasteiger partial charge in [0.25, 0.3) is 0 Å². The SMILES string of the molecule is CCC1CC(NC(C)=O)(C(=O)O)CCO1. The Bertz CT molecular complexity index is 266. The van der Waals surface area contributed by atoms with Crippen molar-refractivity contribution in [3.8, 4) is 0 Å². The first-order valence-electron chi connectivity index (χ1n) is 5.14. The summed E-state index contributed by atoms with van der Waals surface area (Å²) in [5.74, 6) is -1.28. The predicted octanol–water partition coefficient (Wildman–Crippen LogP) is 0.535. The molecular formula is C10H17NO4. The fraction of sp³-hybridized carbons (Fsp3) is 0.800. The molecule has 1 heterocycles. The van der Waals surface area contributed by atoms with Crippen molar-refractivity contribution in [2.75, 3.05) is 6.61 Å². The van der Waals surface area contributed by atoms with E-state index in [2.05, 4.69) is 5.32 Å². The number of hydrogen-bond donors (Lipinski definition) is 2. The van der Waals surface area contributed by atoms with Gasteiger partial charge in [-0.3, -0.25) is 4.79 Å². The Morgan fingerprint density at radius 3 is 2.73 bits per heavy atom. The van der Waals surface area contributed by atoms with Crippen molar-refractivity contribution < 1.29 is 19.4 Å². The van der Waals surface area contributed by atoms with E-state index in [9.17, 15) is 14.7 Å². The van der Waals surface area contributed by atoms with Gasteiger partial charge >= 0.3 is 5.97 Å². The highest BCUT2D eigenvalue weighted by molar-refractivity contribution is 5.86. The lowest BCUT2D eigenvalue weighted by Crippen LogP contribution is -2.58. The van der Waals surface area contributed by atoms with Gasteiger partial charge in [-0.1, -0.05) is 6.92 Å². The Balaban J connectivity index is 2.80. The fourth-order valence-corrected chi connectivity index (χ4v) is 1.91. The van der Waals surface area contributed by atoms with Gasteiger partial charge in [0.15, 0.2) is 0 Å². The summed E-state index contributed by atoms with van der Waals surface area (Å²) in [7, 11) is 0. The number of carbonyl (C=O) groups excluding carboxylic acids is 1. The Morgan fingerprint density at radius 2 is 2.27 bits per heavy atom. The summed E-state index contributed by atoms with van der Waals surface area (Å²) in [5.41, 5.74) is -1.13. The van der Waals surface area contributed by atoms with Crippen LogP contribution in [0.5, 0.6) is 0 Å². The van der Waals surface area contributed by atoms with E-state index in [-0.39, 0.29) is 12.0 Å². The molecular weight excluding hydrogens is 198 g/mol. The Labute approximate surface area is 88.8 Å². The van der Waals surface area contributed by atoms with E-state index in [1.165, 1.54) is 6.92 Å². The number of aliphatic carboxylic acids is 1. The molecule has 86 valence electrons. The molecule has 15 heavy (non-hydrogen) atoms. The smallest absolute Gasteiger partial charge is 0.329 e. The van der Waals surface area contributed by atoms with Crippen LogP contribution in [-0.2, 0) is 14.3 Å². The van der Waals surface area contributed by atoms with E-state index in [1.54, 1.807) is 0 Å². The van der Waals surface area contributed by atoms with Crippen LogP contribution in [0.1, 0.15) is 33.1 Å². The first-order chi connectivity index (χ1) is 7.00. The highest BCUT2D eigenvalue weighted by Crippen LogP contribution is 2.26. The number of nitrogens with one attached hydrogen (secondary N) is 1. The Hall–Kier alpha value is -1.10. The van der Waals surface area contributed by atoms with Crippen LogP contribution in [0, 0.1) is 0 Å². The fourth-order valence-electron chi connectivity index (χ4n) is 1.91. The zero-order valence-electron chi connectivity index (χ0n) is 9.08. The third-order valence-electron chi connectivity index (χ3n) is 2.74. The second-order valence-electron chi connectivity index (χ2n) is 3.92. The van der Waals surface area contributed by atoms with Gasteiger partial charge in [-0.25, -0.2) is 4.79 Å². The largest absolute Gasteiger partial charge is 0.480 e. The van der Waals surface area contributed by atoms with Gasteiger partial charge in [-0.15, -0.1) is 0 Å². The van der Waals surface area contributed by atoms with Crippen molar-refractivity contribution >= 4 is 11.9 Å². The van der Waals surface area contributed by atoms with Gasteiger partial charge in [0.2, 0.25) is 5.91 Å². The summed E-state index contributed by atoms with van der Waals surface area (Å²) >= 11 is 0. The maximum atomic E-state index is 11.2. The second-order valence-corrected chi connectivity index (χ2v) is 3.92. The lowest BCUT2D eigenvalue weighted by molar-refractivity contribution is -0.154. The van der Waals surface area contributed by atoms with E-state index in [1.807, 2.05) is 6.92 Å². The molecule has 1 rings (SSSR count). The Morgan fingerprint density at radius 1 is 1.60 bits per heavy atom. The first kappa shape index (κ1) is 12.0. The number of ether oxygens (including phenoxy) is 1. The molecule has 1 fully saturated rings. The molecule has 5 heteroatoms. The average Bonchev–Trinajstić information content (AvgIpc) is 2.16. The molecule has 2 unspecified atom stereocenters. The lowest BCUT2D eigenvalue weighted by atomic mass is 9.85. The van der Waals surface area contributed by atoms with Crippen molar-refractivity contribution in [1.29, 1.82) is 0 Å². The average molecular weight is 215 g/mol. The van der Waals surface area contributed by atoms with Gasteiger partial charge in [0.05, 0.1) is 6.10 Å². The lowest BCUT2D eigenvalue weighted by Gasteiger charge is -2.37. The first-order valence-corrected chi connectivity index (χ1v) is 5.14. The Kier molecular flexibility index (Phi) is 3.68. The molecule has 0 aromatic rings. The molecule has 2 atom stereocenters.